The quantitative estimate of drug-likeness (QED) is 0.381. The van der Waals surface area contributed by atoms with E-state index < -0.39 is 12.2 Å². The number of hydrogen-bond donors (Lipinski definition) is 3. The third kappa shape index (κ3) is 4.56. The van der Waals surface area contributed by atoms with Gasteiger partial charge in [0.05, 0.1) is 23.9 Å². The van der Waals surface area contributed by atoms with Crippen LogP contribution in [0.1, 0.15) is 31.3 Å². The van der Waals surface area contributed by atoms with Crippen LogP contribution in [0.15, 0.2) is 36.0 Å². The number of hydrogen-bond acceptors (Lipinski definition) is 5. The predicted molar refractivity (Wildman–Crippen MR) is 91.7 cm³/mol. The van der Waals surface area contributed by atoms with Gasteiger partial charge in [0, 0.05) is 13.1 Å². The fraction of sp³-hybridized carbons (Fsp3) is 0.412. The molecule has 7 heteroatoms. The van der Waals surface area contributed by atoms with Gasteiger partial charge in [-0.25, -0.2) is 9.48 Å². The fourth-order valence-corrected chi connectivity index (χ4v) is 2.27. The van der Waals surface area contributed by atoms with Crippen molar-refractivity contribution < 1.29 is 19.7 Å². The molecule has 0 radical (unpaired) electrons. The highest BCUT2D eigenvalue weighted by Gasteiger charge is 2.23. The molecule has 0 aliphatic heterocycles. The van der Waals surface area contributed by atoms with E-state index in [0.717, 1.165) is 0 Å². The first-order valence-corrected chi connectivity index (χ1v) is 7.51. The SMILES string of the molecule is C=C(/C=C\C(=C/C)C(=O)O)[C@H](C)NC(O)c1c(C)nn(C)c1OC. The van der Waals surface area contributed by atoms with Crippen LogP contribution in [-0.4, -0.2) is 39.1 Å². The number of carbonyl (C=O) groups is 1. The Kier molecular flexibility index (Phi) is 6.94. The largest absolute Gasteiger partial charge is 0.481 e. The number of methoxy groups -OCH3 is 1. The van der Waals surface area contributed by atoms with Crippen molar-refractivity contribution in [3.05, 3.63) is 47.2 Å². The number of carboxylic acids is 1. The Morgan fingerprint density at radius 3 is 2.58 bits per heavy atom. The number of ether oxygens (including phenoxy) is 1. The molecule has 2 atom stereocenters. The number of allylic oxidation sites excluding steroid dienone is 1. The van der Waals surface area contributed by atoms with Crippen LogP contribution in [0.25, 0.3) is 0 Å². The molecule has 3 N–H and O–H groups in total. The maximum Gasteiger partial charge on any atom is 0.335 e. The summed E-state index contributed by atoms with van der Waals surface area (Å²) in [6.45, 7) is 9.17. The molecule has 1 rings (SSSR count). The molecule has 0 saturated carbocycles. The maximum atomic E-state index is 11.0. The smallest absolute Gasteiger partial charge is 0.335 e. The van der Waals surface area contributed by atoms with Gasteiger partial charge in [-0.15, -0.1) is 0 Å². The summed E-state index contributed by atoms with van der Waals surface area (Å²) >= 11 is 0. The third-order valence-electron chi connectivity index (χ3n) is 3.68. The lowest BCUT2D eigenvalue weighted by Crippen LogP contribution is -2.31. The van der Waals surface area contributed by atoms with Crippen molar-refractivity contribution in [2.24, 2.45) is 7.05 Å². The Labute approximate surface area is 141 Å². The van der Waals surface area contributed by atoms with E-state index in [1.54, 1.807) is 31.7 Å². The summed E-state index contributed by atoms with van der Waals surface area (Å²) in [6, 6.07) is -0.285. The van der Waals surface area contributed by atoms with Crippen LogP contribution in [0.3, 0.4) is 0 Å². The minimum absolute atomic E-state index is 0.175. The molecular weight excluding hydrogens is 310 g/mol. The molecule has 132 valence electrons. The molecule has 0 amide bonds. The van der Waals surface area contributed by atoms with Gasteiger partial charge in [0.1, 0.15) is 6.23 Å². The molecule has 1 heterocycles. The summed E-state index contributed by atoms with van der Waals surface area (Å²) in [5.74, 6) is -0.527. The molecule has 0 aliphatic carbocycles. The second-order valence-electron chi connectivity index (χ2n) is 5.38. The number of nitrogens with one attached hydrogen (secondary N) is 1. The first-order valence-electron chi connectivity index (χ1n) is 7.51. The van der Waals surface area contributed by atoms with Gasteiger partial charge in [-0.05, 0) is 32.4 Å². The number of nitrogens with zero attached hydrogens (tertiary/aromatic N) is 2. The van der Waals surface area contributed by atoms with Crippen LogP contribution in [0.2, 0.25) is 0 Å². The minimum Gasteiger partial charge on any atom is -0.481 e. The van der Waals surface area contributed by atoms with Crippen LogP contribution < -0.4 is 10.1 Å². The van der Waals surface area contributed by atoms with Gasteiger partial charge in [0.25, 0.3) is 0 Å². The van der Waals surface area contributed by atoms with E-state index in [-0.39, 0.29) is 11.6 Å². The molecule has 1 aromatic heterocycles. The first-order chi connectivity index (χ1) is 11.2. The van der Waals surface area contributed by atoms with E-state index in [0.29, 0.717) is 22.7 Å². The monoisotopic (exact) mass is 335 g/mol. The average Bonchev–Trinajstić information content (AvgIpc) is 2.80. The lowest BCUT2D eigenvalue weighted by molar-refractivity contribution is -0.132. The van der Waals surface area contributed by atoms with Crippen molar-refractivity contribution in [3.63, 3.8) is 0 Å². The van der Waals surface area contributed by atoms with Crippen molar-refractivity contribution in [3.8, 4) is 5.88 Å². The Morgan fingerprint density at radius 2 is 2.08 bits per heavy atom. The molecule has 24 heavy (non-hydrogen) atoms. The van der Waals surface area contributed by atoms with E-state index in [2.05, 4.69) is 17.0 Å². The van der Waals surface area contributed by atoms with Crippen molar-refractivity contribution in [1.82, 2.24) is 15.1 Å². The summed E-state index contributed by atoms with van der Waals surface area (Å²) in [7, 11) is 3.25. The van der Waals surface area contributed by atoms with Crippen LogP contribution in [0.5, 0.6) is 5.88 Å². The van der Waals surface area contributed by atoms with E-state index >= 15 is 0 Å². The highest BCUT2D eigenvalue weighted by atomic mass is 16.5. The lowest BCUT2D eigenvalue weighted by Gasteiger charge is -2.20. The molecular formula is C17H25N3O4. The van der Waals surface area contributed by atoms with Gasteiger partial charge < -0.3 is 14.9 Å². The Hall–Kier alpha value is -2.38. The van der Waals surface area contributed by atoms with E-state index in [9.17, 15) is 9.90 Å². The number of aromatic nitrogens is 2. The molecule has 0 spiro atoms. The van der Waals surface area contributed by atoms with Crippen LogP contribution in [0.4, 0.5) is 0 Å². The maximum absolute atomic E-state index is 11.0. The van der Waals surface area contributed by atoms with Gasteiger partial charge in [-0.1, -0.05) is 18.7 Å². The van der Waals surface area contributed by atoms with E-state index in [1.807, 2.05) is 6.92 Å². The lowest BCUT2D eigenvalue weighted by atomic mass is 10.1. The highest BCUT2D eigenvalue weighted by Crippen LogP contribution is 2.27. The number of aliphatic hydroxyl groups is 1. The van der Waals surface area contributed by atoms with Gasteiger partial charge in [0.15, 0.2) is 0 Å². The minimum atomic E-state index is -1.00. The number of aryl methyl sites for hydroxylation is 2. The molecule has 7 nitrogen and oxygen atoms in total. The topological polar surface area (TPSA) is 96.6 Å². The Morgan fingerprint density at radius 1 is 1.46 bits per heavy atom. The average molecular weight is 335 g/mol. The van der Waals surface area contributed by atoms with Crippen molar-refractivity contribution in [2.75, 3.05) is 7.11 Å². The molecule has 1 unspecified atom stereocenters. The molecule has 1 aromatic rings. The standard InChI is InChI=1S/C17H25N3O4/c1-7-13(17(22)23)9-8-10(2)11(3)18-15(21)14-12(4)19-20(5)16(14)24-6/h7-9,11,15,18,21H,2H2,1,3-6H3,(H,22,23)/b9-8-,13-7+/t11-,15?/m0/s1. The summed E-state index contributed by atoms with van der Waals surface area (Å²) in [5.41, 5.74) is 2.02. The summed E-state index contributed by atoms with van der Waals surface area (Å²) in [4.78, 5) is 11.0. The van der Waals surface area contributed by atoms with Gasteiger partial charge >= 0.3 is 5.97 Å². The molecule has 0 aliphatic rings. The predicted octanol–water partition coefficient (Wildman–Crippen LogP) is 1.85. The number of aliphatic carboxylic acids is 1. The highest BCUT2D eigenvalue weighted by molar-refractivity contribution is 5.89. The molecule has 0 aromatic carbocycles. The van der Waals surface area contributed by atoms with Gasteiger partial charge in [-0.2, -0.15) is 5.10 Å². The van der Waals surface area contributed by atoms with Crippen molar-refractivity contribution in [1.29, 1.82) is 0 Å². The first kappa shape index (κ1) is 19.7. The second kappa shape index (κ2) is 8.47. The molecule has 0 fully saturated rings. The summed E-state index contributed by atoms with van der Waals surface area (Å²) < 4.78 is 6.83. The third-order valence-corrected chi connectivity index (χ3v) is 3.68. The molecule has 0 bridgehead atoms. The van der Waals surface area contributed by atoms with Crippen molar-refractivity contribution >= 4 is 5.97 Å². The van der Waals surface area contributed by atoms with Gasteiger partial charge in [0.2, 0.25) is 5.88 Å². The normalized spacial score (nSPS) is 14.7. The molecule has 0 saturated heterocycles. The zero-order chi connectivity index (χ0) is 18.4. The summed E-state index contributed by atoms with van der Waals surface area (Å²) in [5, 5.41) is 26.7. The van der Waals surface area contributed by atoms with E-state index in [1.165, 1.54) is 19.3 Å². The number of aliphatic hydroxyl groups excluding tert-OH is 1. The Balaban J connectivity index is 2.84. The van der Waals surface area contributed by atoms with Crippen LogP contribution >= 0.6 is 0 Å². The van der Waals surface area contributed by atoms with Crippen LogP contribution in [-0.2, 0) is 11.8 Å². The summed E-state index contributed by atoms with van der Waals surface area (Å²) in [6.07, 6.45) is 3.60. The zero-order valence-electron chi connectivity index (χ0n) is 14.7. The van der Waals surface area contributed by atoms with E-state index in [4.69, 9.17) is 9.84 Å². The zero-order valence-corrected chi connectivity index (χ0v) is 14.7. The van der Waals surface area contributed by atoms with Crippen LogP contribution in [0, 0.1) is 6.92 Å². The fourth-order valence-electron chi connectivity index (χ4n) is 2.27. The Bertz CT molecular complexity index is 674. The second-order valence-corrected chi connectivity index (χ2v) is 5.38. The van der Waals surface area contributed by atoms with Gasteiger partial charge in [-0.3, -0.25) is 5.32 Å². The van der Waals surface area contributed by atoms with Crippen molar-refractivity contribution in [2.45, 2.75) is 33.0 Å². The number of rotatable bonds is 8. The number of carboxylic acid groups (broad SMARTS) is 1.